The van der Waals surface area contributed by atoms with Gasteiger partial charge in [-0.25, -0.2) is 4.98 Å². The number of ether oxygens (including phenoxy) is 2. The summed E-state index contributed by atoms with van der Waals surface area (Å²) < 4.78 is 11.6. The van der Waals surface area contributed by atoms with Gasteiger partial charge in [-0.1, -0.05) is 0 Å². The van der Waals surface area contributed by atoms with Crippen molar-refractivity contribution in [2.75, 3.05) is 13.2 Å². The number of hydrogen-bond acceptors (Lipinski definition) is 6. The minimum atomic E-state index is -1.39. The number of nitrogens with zero attached hydrogens (tertiary/aromatic N) is 1. The molecule has 0 bridgehead atoms. The summed E-state index contributed by atoms with van der Waals surface area (Å²) >= 11 is 0. The van der Waals surface area contributed by atoms with Gasteiger partial charge in [-0.05, 0) is 69.4 Å². The first-order chi connectivity index (χ1) is 12.9. The molecule has 0 saturated heterocycles. The molecule has 1 atom stereocenters. The molecule has 7 nitrogen and oxygen atoms in total. The zero-order chi connectivity index (χ0) is 19.0. The zero-order valence-electron chi connectivity index (χ0n) is 15.7. The Labute approximate surface area is 159 Å². The van der Waals surface area contributed by atoms with Crippen LogP contribution in [-0.4, -0.2) is 35.6 Å². The summed E-state index contributed by atoms with van der Waals surface area (Å²) in [5, 5.41) is 2.61. The van der Waals surface area contributed by atoms with Gasteiger partial charge in [-0.3, -0.25) is 9.59 Å². The summed E-state index contributed by atoms with van der Waals surface area (Å²) in [5.74, 6) is 1.40. The molecule has 0 spiro atoms. The van der Waals surface area contributed by atoms with Crippen LogP contribution in [0.25, 0.3) is 0 Å². The van der Waals surface area contributed by atoms with Gasteiger partial charge in [0, 0.05) is 5.92 Å². The van der Waals surface area contributed by atoms with Crippen LogP contribution in [0.3, 0.4) is 0 Å². The molecule has 3 fully saturated rings. The highest BCUT2D eigenvalue weighted by Gasteiger charge is 2.41. The first-order valence-corrected chi connectivity index (χ1v) is 9.85. The number of amides is 1. The van der Waals surface area contributed by atoms with E-state index in [0.717, 1.165) is 25.7 Å². The Morgan fingerprint density at radius 3 is 2.33 bits per heavy atom. The monoisotopic (exact) mass is 373 g/mol. The quantitative estimate of drug-likeness (QED) is 0.608. The normalized spacial score (nSPS) is 21.3. The standard InChI is InChI=1S/C20H27N3O4/c1-20(21,17(24)14-6-7-14)23-18(25)15-8-9-16(26-10-12-2-3-12)19(22-15)27-11-13-4-5-13/h8-9,12-14H,2-7,10-11,21H2,1H3,(H,23,25)/t20-/m0/s1. The molecule has 1 heterocycles. The molecular formula is C20H27N3O4. The van der Waals surface area contributed by atoms with Gasteiger partial charge < -0.3 is 20.5 Å². The van der Waals surface area contributed by atoms with Crippen molar-refractivity contribution in [1.29, 1.82) is 0 Å². The van der Waals surface area contributed by atoms with E-state index in [0.29, 0.717) is 36.7 Å². The van der Waals surface area contributed by atoms with Crippen molar-refractivity contribution >= 4 is 11.7 Å². The van der Waals surface area contributed by atoms with E-state index in [9.17, 15) is 9.59 Å². The summed E-state index contributed by atoms with van der Waals surface area (Å²) in [4.78, 5) is 29.2. The maximum absolute atomic E-state index is 12.6. The fourth-order valence-corrected chi connectivity index (χ4v) is 2.87. The zero-order valence-corrected chi connectivity index (χ0v) is 15.7. The lowest BCUT2D eigenvalue weighted by atomic mass is 10.0. The molecule has 0 aromatic carbocycles. The third-order valence-electron chi connectivity index (χ3n) is 5.22. The number of Topliss-reactive ketones (excluding diaryl/α,β-unsaturated/α-hetero) is 1. The van der Waals surface area contributed by atoms with E-state index in [-0.39, 0.29) is 17.4 Å². The SMILES string of the molecule is C[C@](N)(NC(=O)c1ccc(OCC2CC2)c(OCC2CC2)n1)C(=O)C1CC1. The maximum atomic E-state index is 12.6. The predicted octanol–water partition coefficient (Wildman–Crippen LogP) is 2.04. The second kappa shape index (κ2) is 7.11. The van der Waals surface area contributed by atoms with Gasteiger partial charge in [-0.2, -0.15) is 0 Å². The van der Waals surface area contributed by atoms with Crippen LogP contribution in [0.5, 0.6) is 11.6 Å². The summed E-state index contributed by atoms with van der Waals surface area (Å²) in [5.41, 5.74) is 4.81. The smallest absolute Gasteiger partial charge is 0.271 e. The number of nitrogens with two attached hydrogens (primary N) is 1. The van der Waals surface area contributed by atoms with Gasteiger partial charge in [-0.15, -0.1) is 0 Å². The van der Waals surface area contributed by atoms with E-state index in [1.165, 1.54) is 19.8 Å². The minimum absolute atomic E-state index is 0.0381. The Hall–Kier alpha value is -2.15. The van der Waals surface area contributed by atoms with Crippen LogP contribution in [0.2, 0.25) is 0 Å². The summed E-state index contributed by atoms with van der Waals surface area (Å²) in [6, 6.07) is 3.29. The Kier molecular flexibility index (Phi) is 4.80. The lowest BCUT2D eigenvalue weighted by Gasteiger charge is -2.24. The molecule has 3 aliphatic carbocycles. The highest BCUT2D eigenvalue weighted by atomic mass is 16.5. The van der Waals surface area contributed by atoms with Crippen molar-refractivity contribution in [3.63, 3.8) is 0 Å². The summed E-state index contributed by atoms with van der Waals surface area (Å²) in [6.45, 7) is 2.75. The van der Waals surface area contributed by atoms with Crippen molar-refractivity contribution in [2.24, 2.45) is 23.5 Å². The molecular weight excluding hydrogens is 346 g/mol. The number of ketones is 1. The van der Waals surface area contributed by atoms with E-state index in [4.69, 9.17) is 15.2 Å². The highest BCUT2D eigenvalue weighted by molar-refractivity contribution is 5.99. The first kappa shape index (κ1) is 18.2. The number of nitrogens with one attached hydrogen (secondary N) is 1. The molecule has 7 heteroatoms. The molecule has 0 unspecified atom stereocenters. The van der Waals surface area contributed by atoms with Crippen LogP contribution < -0.4 is 20.5 Å². The van der Waals surface area contributed by atoms with Crippen molar-refractivity contribution in [1.82, 2.24) is 10.3 Å². The Morgan fingerprint density at radius 2 is 1.74 bits per heavy atom. The average molecular weight is 373 g/mol. The average Bonchev–Trinajstić information content (AvgIpc) is 3.47. The van der Waals surface area contributed by atoms with Gasteiger partial charge in [0.05, 0.1) is 13.2 Å². The third-order valence-corrected chi connectivity index (χ3v) is 5.22. The van der Waals surface area contributed by atoms with Crippen LogP contribution in [0, 0.1) is 17.8 Å². The van der Waals surface area contributed by atoms with Gasteiger partial charge >= 0.3 is 0 Å². The molecule has 3 saturated carbocycles. The van der Waals surface area contributed by atoms with Gasteiger partial charge in [0.1, 0.15) is 11.4 Å². The largest absolute Gasteiger partial charge is 0.488 e. The number of aromatic nitrogens is 1. The van der Waals surface area contributed by atoms with Gasteiger partial charge in [0.25, 0.3) is 11.8 Å². The topological polar surface area (TPSA) is 104 Å². The van der Waals surface area contributed by atoms with Crippen LogP contribution in [-0.2, 0) is 4.79 Å². The number of hydrogen-bond donors (Lipinski definition) is 2. The molecule has 1 amide bonds. The lowest BCUT2D eigenvalue weighted by Crippen LogP contribution is -2.59. The fourth-order valence-electron chi connectivity index (χ4n) is 2.87. The molecule has 0 radical (unpaired) electrons. The summed E-state index contributed by atoms with van der Waals surface area (Å²) in [7, 11) is 0. The second-order valence-corrected chi connectivity index (χ2v) is 8.30. The Morgan fingerprint density at radius 1 is 1.11 bits per heavy atom. The van der Waals surface area contributed by atoms with E-state index < -0.39 is 11.6 Å². The number of carbonyl (C=O) groups excluding carboxylic acids is 2. The maximum Gasteiger partial charge on any atom is 0.271 e. The molecule has 0 aliphatic heterocycles. The van der Waals surface area contributed by atoms with Crippen molar-refractivity contribution in [3.8, 4) is 11.6 Å². The van der Waals surface area contributed by atoms with Crippen LogP contribution in [0.1, 0.15) is 55.9 Å². The fraction of sp³-hybridized carbons (Fsp3) is 0.650. The van der Waals surface area contributed by atoms with Crippen molar-refractivity contribution in [3.05, 3.63) is 17.8 Å². The molecule has 3 aliphatic rings. The number of pyridine rings is 1. The van der Waals surface area contributed by atoms with Crippen LogP contribution in [0.4, 0.5) is 0 Å². The van der Waals surface area contributed by atoms with Crippen LogP contribution >= 0.6 is 0 Å². The molecule has 4 rings (SSSR count). The molecule has 1 aromatic rings. The number of carbonyl (C=O) groups is 2. The van der Waals surface area contributed by atoms with Gasteiger partial charge in [0.2, 0.25) is 0 Å². The Bertz CT molecular complexity index is 737. The van der Waals surface area contributed by atoms with Crippen LogP contribution in [0.15, 0.2) is 12.1 Å². The minimum Gasteiger partial charge on any atom is -0.488 e. The highest BCUT2D eigenvalue weighted by Crippen LogP contribution is 2.35. The second-order valence-electron chi connectivity index (χ2n) is 8.30. The third kappa shape index (κ3) is 4.77. The summed E-state index contributed by atoms with van der Waals surface area (Å²) in [6.07, 6.45) is 6.38. The van der Waals surface area contributed by atoms with Gasteiger partial charge in [0.15, 0.2) is 11.5 Å². The molecule has 27 heavy (non-hydrogen) atoms. The molecule has 146 valence electrons. The molecule has 1 aromatic heterocycles. The Balaban J connectivity index is 1.45. The van der Waals surface area contributed by atoms with E-state index in [2.05, 4.69) is 10.3 Å². The van der Waals surface area contributed by atoms with Crippen molar-refractivity contribution < 1.29 is 19.1 Å². The van der Waals surface area contributed by atoms with E-state index in [1.807, 2.05) is 0 Å². The van der Waals surface area contributed by atoms with Crippen molar-refractivity contribution in [2.45, 2.75) is 51.1 Å². The first-order valence-electron chi connectivity index (χ1n) is 9.85. The molecule has 3 N–H and O–H groups in total. The van der Waals surface area contributed by atoms with E-state index >= 15 is 0 Å². The van der Waals surface area contributed by atoms with E-state index in [1.54, 1.807) is 12.1 Å². The lowest BCUT2D eigenvalue weighted by molar-refractivity contribution is -0.125. The number of rotatable bonds is 10. The predicted molar refractivity (Wildman–Crippen MR) is 98.5 cm³/mol.